The van der Waals surface area contributed by atoms with Gasteiger partial charge in [0, 0.05) is 42.1 Å². The average molecular weight is 601 g/mol. The maximum absolute atomic E-state index is 14.9. The number of phenols is 1. The van der Waals surface area contributed by atoms with Crippen LogP contribution in [-0.4, -0.2) is 64.0 Å². The third-order valence-electron chi connectivity index (χ3n) is 9.74. The molecule has 2 aromatic heterocycles. The summed E-state index contributed by atoms with van der Waals surface area (Å²) in [5.74, 6) is 2.57. The first-order valence-electron chi connectivity index (χ1n) is 15.2. The van der Waals surface area contributed by atoms with Crippen LogP contribution in [0.2, 0.25) is 0 Å². The first-order chi connectivity index (χ1) is 21.1. The Morgan fingerprint density at radius 3 is 2.80 bits per heavy atom. The number of fused-ring (bicyclic) bond motifs is 3. The molecule has 3 atom stereocenters. The van der Waals surface area contributed by atoms with Gasteiger partial charge in [0.1, 0.15) is 35.5 Å². The van der Waals surface area contributed by atoms with E-state index in [9.17, 15) is 18.7 Å². The molecule has 5 heterocycles. The quantitative estimate of drug-likeness (QED) is 0.281. The molecule has 0 unspecified atom stereocenters. The number of ether oxygens (including phenoxy) is 1. The van der Waals surface area contributed by atoms with Crippen molar-refractivity contribution < 1.29 is 23.0 Å². The summed E-state index contributed by atoms with van der Waals surface area (Å²) in [4.78, 5) is 27.6. The Bertz CT molecular complexity index is 1920. The van der Waals surface area contributed by atoms with E-state index in [1.165, 1.54) is 24.3 Å². The number of phenolic OH excluding ortho intramolecular Hbond substituents is 1. The molecular formula is C34H34F2N4O4. The maximum atomic E-state index is 14.9. The highest BCUT2D eigenvalue weighted by molar-refractivity contribution is 6.03. The molecule has 0 amide bonds. The van der Waals surface area contributed by atoms with Gasteiger partial charge < -0.3 is 19.2 Å². The van der Waals surface area contributed by atoms with Crippen molar-refractivity contribution in [3.05, 3.63) is 51.6 Å². The first kappa shape index (κ1) is 28.5. The second-order valence-electron chi connectivity index (χ2n) is 12.7. The molecule has 0 spiro atoms. The van der Waals surface area contributed by atoms with E-state index >= 15 is 0 Å². The molecule has 10 heteroatoms. The largest absolute Gasteiger partial charge is 0.508 e. The van der Waals surface area contributed by atoms with E-state index in [1.807, 2.05) is 0 Å². The van der Waals surface area contributed by atoms with Crippen LogP contribution in [0.4, 0.5) is 14.6 Å². The lowest BCUT2D eigenvalue weighted by Crippen LogP contribution is -2.51. The van der Waals surface area contributed by atoms with E-state index in [0.29, 0.717) is 53.1 Å². The van der Waals surface area contributed by atoms with Gasteiger partial charge >= 0.3 is 11.6 Å². The number of aromatic nitrogens is 2. The molecular weight excluding hydrogens is 566 g/mol. The Labute approximate surface area is 253 Å². The highest BCUT2D eigenvalue weighted by Crippen LogP contribution is 2.42. The van der Waals surface area contributed by atoms with Crippen molar-refractivity contribution in [3.8, 4) is 35.4 Å². The predicted octanol–water partition coefficient (Wildman–Crippen LogP) is 5.73. The molecule has 0 radical (unpaired) electrons. The highest BCUT2D eigenvalue weighted by Gasteiger charge is 2.49. The van der Waals surface area contributed by atoms with Crippen LogP contribution in [0.15, 0.2) is 33.5 Å². The highest BCUT2D eigenvalue weighted by atomic mass is 19.1. The Hall–Kier alpha value is -4.23. The zero-order valence-corrected chi connectivity index (χ0v) is 25.0. The van der Waals surface area contributed by atoms with E-state index in [2.05, 4.69) is 29.6 Å². The van der Waals surface area contributed by atoms with Gasteiger partial charge in [-0.25, -0.2) is 13.6 Å². The molecule has 3 saturated heterocycles. The third kappa shape index (κ3) is 4.40. The lowest BCUT2D eigenvalue weighted by Gasteiger charge is -2.44. The van der Waals surface area contributed by atoms with E-state index in [1.54, 1.807) is 6.92 Å². The minimum atomic E-state index is -0.899. The molecule has 0 aliphatic carbocycles. The summed E-state index contributed by atoms with van der Waals surface area (Å²) in [5.41, 5.74) is 0.0201. The molecule has 1 N–H and O–H groups in total. The number of terminal acetylenes is 1. The van der Waals surface area contributed by atoms with Crippen LogP contribution in [0.1, 0.15) is 50.7 Å². The van der Waals surface area contributed by atoms with Crippen molar-refractivity contribution in [2.24, 2.45) is 5.92 Å². The molecule has 44 heavy (non-hydrogen) atoms. The lowest BCUT2D eigenvalue weighted by molar-refractivity contribution is 0.107. The van der Waals surface area contributed by atoms with Gasteiger partial charge in [0.2, 0.25) is 0 Å². The van der Waals surface area contributed by atoms with Crippen LogP contribution in [0.25, 0.3) is 33.0 Å². The second kappa shape index (κ2) is 10.4. The number of halogens is 2. The summed E-state index contributed by atoms with van der Waals surface area (Å²) in [6.45, 7) is 8.18. The van der Waals surface area contributed by atoms with Gasteiger partial charge in [-0.05, 0) is 62.2 Å². The number of aryl methyl sites for hydroxylation is 1. The average Bonchev–Trinajstić information content (AvgIpc) is 3.48. The number of anilines is 1. The van der Waals surface area contributed by atoms with Gasteiger partial charge in [0.05, 0.1) is 16.6 Å². The van der Waals surface area contributed by atoms with Gasteiger partial charge in [-0.15, -0.1) is 6.42 Å². The molecule has 7 rings (SSSR count). The number of rotatable bonds is 6. The number of benzene rings is 2. The van der Waals surface area contributed by atoms with Crippen molar-refractivity contribution in [2.75, 3.05) is 31.1 Å². The predicted molar refractivity (Wildman–Crippen MR) is 164 cm³/mol. The van der Waals surface area contributed by atoms with Gasteiger partial charge in [-0.2, -0.15) is 9.97 Å². The minimum absolute atomic E-state index is 0.00416. The van der Waals surface area contributed by atoms with Gasteiger partial charge in [0.25, 0.3) is 0 Å². The molecule has 2 aromatic carbocycles. The van der Waals surface area contributed by atoms with E-state index in [4.69, 9.17) is 25.5 Å². The minimum Gasteiger partial charge on any atom is -0.508 e. The van der Waals surface area contributed by atoms with Crippen LogP contribution in [0.5, 0.6) is 11.8 Å². The molecule has 0 bridgehead atoms. The van der Waals surface area contributed by atoms with E-state index in [0.717, 1.165) is 25.8 Å². The molecule has 4 aromatic rings. The summed E-state index contributed by atoms with van der Waals surface area (Å²) in [6, 6.07) is 5.91. The fraction of sp³-hybridized carbons (Fsp3) is 0.441. The normalized spacial score (nSPS) is 23.3. The Morgan fingerprint density at radius 1 is 1.25 bits per heavy atom. The maximum Gasteiger partial charge on any atom is 0.349 e. The van der Waals surface area contributed by atoms with Crippen molar-refractivity contribution in [3.63, 3.8) is 0 Å². The number of hydrogen-bond donors (Lipinski definition) is 1. The van der Waals surface area contributed by atoms with Crippen LogP contribution in [0.3, 0.4) is 0 Å². The summed E-state index contributed by atoms with van der Waals surface area (Å²) in [6.07, 6.45) is 7.98. The van der Waals surface area contributed by atoms with Gasteiger partial charge in [-0.1, -0.05) is 25.8 Å². The second-order valence-corrected chi connectivity index (χ2v) is 12.7. The number of hydrogen-bond acceptors (Lipinski definition) is 8. The first-order valence-corrected chi connectivity index (χ1v) is 15.2. The Balaban J connectivity index is 1.42. The summed E-state index contributed by atoms with van der Waals surface area (Å²) in [5, 5.41) is 11.6. The topological polar surface area (TPSA) is 91.9 Å². The molecule has 3 fully saturated rings. The molecule has 3 aliphatic heterocycles. The van der Waals surface area contributed by atoms with Crippen molar-refractivity contribution >= 4 is 27.5 Å². The molecule has 8 nitrogen and oxygen atoms in total. The zero-order chi connectivity index (χ0) is 30.9. The fourth-order valence-corrected chi connectivity index (χ4v) is 7.50. The number of aromatic hydroxyl groups is 1. The third-order valence-corrected chi connectivity index (χ3v) is 9.74. The SMILES string of the molecule is C#Cc1c(F)ccc2cc(O)cc(-c3oc(=O)c4c(N5CC[C@H]5C(C)C)nc(OC[C@@]56CCCN5C[C@H](F)C6)nc4c3C)c12. The molecule has 3 aliphatic rings. The summed E-state index contributed by atoms with van der Waals surface area (Å²) >= 11 is 0. The lowest BCUT2D eigenvalue weighted by atomic mass is 9.91. The van der Waals surface area contributed by atoms with Crippen molar-refractivity contribution in [2.45, 2.75) is 64.2 Å². The van der Waals surface area contributed by atoms with Crippen molar-refractivity contribution in [1.29, 1.82) is 0 Å². The van der Waals surface area contributed by atoms with Gasteiger partial charge in [0.15, 0.2) is 5.82 Å². The van der Waals surface area contributed by atoms with Crippen LogP contribution < -0.4 is 15.3 Å². The van der Waals surface area contributed by atoms with Crippen molar-refractivity contribution in [1.82, 2.24) is 14.9 Å². The van der Waals surface area contributed by atoms with E-state index < -0.39 is 23.2 Å². The van der Waals surface area contributed by atoms with Crippen LogP contribution in [0, 0.1) is 31.0 Å². The van der Waals surface area contributed by atoms with E-state index in [-0.39, 0.29) is 46.7 Å². The smallest absolute Gasteiger partial charge is 0.349 e. The standard InChI is InChI=1S/C34H34F2N4O4/c1-5-23-25(36)8-7-20-13-22(41)14-24(27(20)23)30-19(4)29-28(32(42)44-30)31(40-12-9-26(40)18(2)3)38-33(37-29)43-17-34-10-6-11-39(34)16-21(35)15-34/h1,7-8,13-14,18,21,26,41H,6,9-12,15-17H2,2-4H3/t21-,26+,34+/m1/s1. The van der Waals surface area contributed by atoms with Crippen LogP contribution in [-0.2, 0) is 0 Å². The summed E-state index contributed by atoms with van der Waals surface area (Å²) in [7, 11) is 0. The number of nitrogens with zero attached hydrogens (tertiary/aromatic N) is 4. The Morgan fingerprint density at radius 2 is 2.07 bits per heavy atom. The Kier molecular flexibility index (Phi) is 6.77. The zero-order valence-electron chi connectivity index (χ0n) is 25.0. The summed E-state index contributed by atoms with van der Waals surface area (Å²) < 4.78 is 41.5. The fourth-order valence-electron chi connectivity index (χ4n) is 7.50. The molecule has 0 saturated carbocycles. The monoisotopic (exact) mass is 600 g/mol. The number of alkyl halides is 1. The molecule has 228 valence electrons. The van der Waals surface area contributed by atoms with Gasteiger partial charge in [-0.3, -0.25) is 4.90 Å². The van der Waals surface area contributed by atoms with Crippen LogP contribution >= 0.6 is 0 Å².